The standard InChI is InChI=1S/C31H65NO2P/c1-7-10-12-14-16-18-20-22-24-26-28-30(32(4,5)6)31(35(33)9-3)34-29-27-25-23-21-19-17-15-13-11-8-2/h30H,7-29H2,1-6H3/q+1. The second kappa shape index (κ2) is 24.4. The predicted octanol–water partition coefficient (Wildman–Crippen LogP) is 9.22. The van der Waals surface area contributed by atoms with Crippen LogP contribution in [0.3, 0.4) is 0 Å². The second-order valence-electron chi connectivity index (χ2n) is 11.7. The SMILES string of the molecule is CCCCCCCCCCCCO/C(C(CCCCCCCCCCCC)[N+](C)(C)C)=[P+](/[O-])CC. The Labute approximate surface area is 222 Å². The van der Waals surface area contributed by atoms with Gasteiger partial charge in [-0.1, -0.05) is 129 Å². The number of hydrogen-bond acceptors (Lipinski definition) is 2. The Bertz CT molecular complexity index is 487. The minimum atomic E-state index is -1.39. The van der Waals surface area contributed by atoms with Gasteiger partial charge in [0.1, 0.15) is 6.16 Å². The average molecular weight is 515 g/mol. The van der Waals surface area contributed by atoms with Crippen molar-refractivity contribution in [2.75, 3.05) is 33.9 Å². The van der Waals surface area contributed by atoms with Crippen molar-refractivity contribution in [3.63, 3.8) is 0 Å². The lowest BCUT2D eigenvalue weighted by atomic mass is 10.0. The maximum absolute atomic E-state index is 13.0. The van der Waals surface area contributed by atoms with Gasteiger partial charge in [-0.05, 0) is 19.8 Å². The summed E-state index contributed by atoms with van der Waals surface area (Å²) in [5.74, 6) is 0. The molecule has 0 N–H and O–H groups in total. The van der Waals surface area contributed by atoms with Gasteiger partial charge in [0.05, 0.1) is 35.5 Å². The first-order valence-corrected chi connectivity index (χ1v) is 17.1. The Balaban J connectivity index is 4.29. The molecule has 3 nitrogen and oxygen atoms in total. The summed E-state index contributed by atoms with van der Waals surface area (Å²) >= 11 is 0. The minimum Gasteiger partial charge on any atom is -0.628 e. The van der Waals surface area contributed by atoms with Crippen LogP contribution in [-0.2, 0) is 4.74 Å². The molecule has 0 saturated carbocycles. The molecule has 4 heteroatoms. The molecule has 210 valence electrons. The van der Waals surface area contributed by atoms with Crippen LogP contribution in [0.25, 0.3) is 0 Å². The first kappa shape index (κ1) is 35.0. The van der Waals surface area contributed by atoms with Crippen molar-refractivity contribution in [3.05, 3.63) is 0 Å². The van der Waals surface area contributed by atoms with Gasteiger partial charge < -0.3 is 14.1 Å². The quantitative estimate of drug-likeness (QED) is 0.0654. The molecular weight excluding hydrogens is 449 g/mol. The van der Waals surface area contributed by atoms with Gasteiger partial charge in [0.25, 0.3) is 5.48 Å². The zero-order valence-corrected chi connectivity index (χ0v) is 25.9. The van der Waals surface area contributed by atoms with E-state index in [-0.39, 0.29) is 6.04 Å². The van der Waals surface area contributed by atoms with Crippen LogP contribution in [-0.4, -0.2) is 49.9 Å². The van der Waals surface area contributed by atoms with E-state index in [1.165, 1.54) is 122 Å². The predicted molar refractivity (Wildman–Crippen MR) is 159 cm³/mol. The molecule has 0 aromatic rings. The highest BCUT2D eigenvalue weighted by atomic mass is 31.1. The number of ether oxygens (including phenoxy) is 1. The molecule has 0 fully saturated rings. The fourth-order valence-electron chi connectivity index (χ4n) is 4.92. The van der Waals surface area contributed by atoms with E-state index in [1.54, 1.807) is 0 Å². The molecule has 2 unspecified atom stereocenters. The van der Waals surface area contributed by atoms with Crippen LogP contribution in [0.2, 0.25) is 0 Å². The van der Waals surface area contributed by atoms with Crippen molar-refractivity contribution in [2.24, 2.45) is 0 Å². The van der Waals surface area contributed by atoms with E-state index in [0.717, 1.165) is 29.4 Å². The highest BCUT2D eigenvalue weighted by molar-refractivity contribution is 7.51. The van der Waals surface area contributed by atoms with Gasteiger partial charge in [-0.3, -0.25) is 0 Å². The van der Waals surface area contributed by atoms with E-state index in [9.17, 15) is 4.89 Å². The van der Waals surface area contributed by atoms with Crippen molar-refractivity contribution in [2.45, 2.75) is 162 Å². The topological polar surface area (TPSA) is 32.3 Å². The summed E-state index contributed by atoms with van der Waals surface area (Å²) in [5, 5.41) is 0. The van der Waals surface area contributed by atoms with Crippen molar-refractivity contribution in [1.29, 1.82) is 0 Å². The van der Waals surface area contributed by atoms with Gasteiger partial charge in [0, 0.05) is 6.42 Å². The summed E-state index contributed by atoms with van der Waals surface area (Å²) in [5.41, 5.74) is 0.904. The van der Waals surface area contributed by atoms with Gasteiger partial charge in [-0.25, -0.2) is 0 Å². The molecule has 0 amide bonds. The van der Waals surface area contributed by atoms with Crippen molar-refractivity contribution in [1.82, 2.24) is 0 Å². The zero-order chi connectivity index (χ0) is 26.2. The average Bonchev–Trinajstić information content (AvgIpc) is 2.83. The van der Waals surface area contributed by atoms with Crippen LogP contribution in [0.1, 0.15) is 156 Å². The third-order valence-corrected chi connectivity index (χ3v) is 8.83. The Morgan fingerprint density at radius 1 is 0.600 bits per heavy atom. The fraction of sp³-hybridized carbons (Fsp3) is 0.968. The lowest BCUT2D eigenvalue weighted by Crippen LogP contribution is -2.50. The number of likely N-dealkylation sites (N-methyl/N-ethyl adjacent to an activating group) is 1. The highest BCUT2D eigenvalue weighted by Gasteiger charge is 2.34. The largest absolute Gasteiger partial charge is 0.628 e. The highest BCUT2D eigenvalue weighted by Crippen LogP contribution is 2.25. The third-order valence-electron chi connectivity index (χ3n) is 7.33. The van der Waals surface area contributed by atoms with E-state index in [0.29, 0.717) is 6.16 Å². The summed E-state index contributed by atoms with van der Waals surface area (Å²) in [6, 6.07) is 0.246. The van der Waals surface area contributed by atoms with Gasteiger partial charge in [0.15, 0.2) is 6.04 Å². The normalized spacial score (nSPS) is 13.8. The fourth-order valence-corrected chi connectivity index (χ4v) is 6.28. The van der Waals surface area contributed by atoms with Gasteiger partial charge in [0.2, 0.25) is 0 Å². The molecule has 0 saturated heterocycles. The van der Waals surface area contributed by atoms with Gasteiger partial charge in [-0.2, -0.15) is 0 Å². The van der Waals surface area contributed by atoms with Crippen LogP contribution in [0.5, 0.6) is 0 Å². The molecular formula is C31H65NO2P+. The number of hydrogen-bond donors (Lipinski definition) is 0. The number of quaternary nitrogens is 1. The second-order valence-corrected chi connectivity index (χ2v) is 13.5. The van der Waals surface area contributed by atoms with Crippen LogP contribution in [0.15, 0.2) is 0 Å². The Kier molecular flexibility index (Phi) is 24.4. The summed E-state index contributed by atoms with van der Waals surface area (Å²) in [4.78, 5) is 13.0. The molecule has 0 heterocycles. The lowest BCUT2D eigenvalue weighted by molar-refractivity contribution is -0.886. The Hall–Kier alpha value is 0.0500. The van der Waals surface area contributed by atoms with Gasteiger partial charge >= 0.3 is 0 Å². The summed E-state index contributed by atoms with van der Waals surface area (Å²) in [6.45, 7) is 7.34. The number of rotatable bonds is 26. The van der Waals surface area contributed by atoms with Gasteiger partial charge in [-0.15, -0.1) is 0 Å². The van der Waals surface area contributed by atoms with Crippen molar-refractivity contribution >= 4 is 13.3 Å². The molecule has 0 rings (SSSR count). The van der Waals surface area contributed by atoms with E-state index >= 15 is 0 Å². The molecule has 0 aliphatic heterocycles. The number of nitrogens with zero attached hydrogens (tertiary/aromatic N) is 1. The van der Waals surface area contributed by atoms with Crippen LogP contribution in [0.4, 0.5) is 0 Å². The van der Waals surface area contributed by atoms with E-state index in [2.05, 4.69) is 35.0 Å². The van der Waals surface area contributed by atoms with Crippen LogP contribution >= 0.6 is 7.77 Å². The number of unbranched alkanes of at least 4 members (excludes halogenated alkanes) is 18. The zero-order valence-electron chi connectivity index (χ0n) is 25.1. The van der Waals surface area contributed by atoms with Crippen molar-refractivity contribution < 1.29 is 14.1 Å². The van der Waals surface area contributed by atoms with E-state index in [1.807, 2.05) is 6.92 Å². The molecule has 0 aromatic carbocycles. The monoisotopic (exact) mass is 514 g/mol. The lowest BCUT2D eigenvalue weighted by Gasteiger charge is -2.33. The molecule has 0 aliphatic rings. The molecule has 0 spiro atoms. The summed E-state index contributed by atoms with van der Waals surface area (Å²) in [6.07, 6.45) is 28.7. The Morgan fingerprint density at radius 3 is 1.34 bits per heavy atom. The maximum Gasteiger partial charge on any atom is 0.279 e. The molecule has 0 bridgehead atoms. The van der Waals surface area contributed by atoms with Crippen LogP contribution in [0, 0.1) is 0 Å². The third kappa shape index (κ3) is 20.8. The first-order chi connectivity index (χ1) is 16.9. The molecule has 0 aromatic heterocycles. The maximum atomic E-state index is 13.0. The Morgan fingerprint density at radius 2 is 0.971 bits per heavy atom. The van der Waals surface area contributed by atoms with E-state index < -0.39 is 7.77 Å². The first-order valence-electron chi connectivity index (χ1n) is 15.6. The molecule has 35 heavy (non-hydrogen) atoms. The molecule has 0 aliphatic carbocycles. The van der Waals surface area contributed by atoms with Crippen LogP contribution < -0.4 is 4.89 Å². The summed E-state index contributed by atoms with van der Waals surface area (Å²) < 4.78 is 7.13. The molecule has 2 atom stereocenters. The van der Waals surface area contributed by atoms with Crippen molar-refractivity contribution in [3.8, 4) is 0 Å². The smallest absolute Gasteiger partial charge is 0.279 e. The van der Waals surface area contributed by atoms with E-state index in [4.69, 9.17) is 4.74 Å². The molecule has 0 radical (unpaired) electrons. The minimum absolute atomic E-state index is 0.246. The summed E-state index contributed by atoms with van der Waals surface area (Å²) in [7, 11) is 5.33.